The highest BCUT2D eigenvalue weighted by Gasteiger charge is 2.62. The highest BCUT2D eigenvalue weighted by Crippen LogP contribution is 2.69. The van der Waals surface area contributed by atoms with Crippen molar-refractivity contribution in [3.8, 4) is 0 Å². The molecule has 0 radical (unpaired) electrons. The van der Waals surface area contributed by atoms with Crippen LogP contribution in [0.2, 0.25) is 0 Å². The van der Waals surface area contributed by atoms with Gasteiger partial charge < -0.3 is 10.2 Å². The number of allylic oxidation sites excluding steroid dienone is 1. The van der Waals surface area contributed by atoms with E-state index in [9.17, 15) is 10.2 Å². The van der Waals surface area contributed by atoms with Gasteiger partial charge in [-0.3, -0.25) is 0 Å². The van der Waals surface area contributed by atoms with Crippen LogP contribution in [-0.4, -0.2) is 22.4 Å². The Bertz CT molecular complexity index is 1330. The number of fused-ring (bicyclic) bond motifs is 10. The van der Waals surface area contributed by atoms with Crippen LogP contribution in [0.25, 0.3) is 0 Å². The lowest BCUT2D eigenvalue weighted by Crippen LogP contribution is -2.57. The fourth-order valence-electron chi connectivity index (χ4n) is 18.0. The van der Waals surface area contributed by atoms with E-state index in [0.29, 0.717) is 16.2 Å². The van der Waals surface area contributed by atoms with E-state index < -0.39 is 0 Å². The average Bonchev–Trinajstić information content (AvgIpc) is 3.69. The molecule has 17 atom stereocenters. The van der Waals surface area contributed by atoms with Crippen molar-refractivity contribution >= 4 is 0 Å². The lowest BCUT2D eigenvalue weighted by molar-refractivity contribution is -0.164. The van der Waals surface area contributed by atoms with Crippen LogP contribution in [0, 0.1) is 98.6 Å². The molecule has 2 N–H and O–H groups in total. The van der Waals surface area contributed by atoms with E-state index in [1.807, 2.05) is 0 Å². The van der Waals surface area contributed by atoms with Gasteiger partial charge >= 0.3 is 0 Å². The second kappa shape index (κ2) is 17.2. The van der Waals surface area contributed by atoms with Crippen molar-refractivity contribution < 1.29 is 10.2 Å². The maximum atomic E-state index is 11.1. The van der Waals surface area contributed by atoms with E-state index in [0.717, 1.165) is 96.2 Å². The zero-order chi connectivity index (χ0) is 40.2. The standard InChI is InChI=1S/C27H48O.C27H46O/c1-18(2)8-6-9-19(3)22-14-15-23-21-13-12-20-10-7-11-25(28)27(20,5)24(21)16-17-26(22,23)4;1-18(2)7-6-8-19(3)23-11-12-24-22-10-9-20-17-21(28)13-15-26(20,4)25(22)14-16-27(23,24)5/h18-25,28H,6-17H2,1-5H3;9,18-19,21-25,28H,6-8,10-17H2,1-5H3/t19-,20+,21+,22-,23+,24+,25?,26-,27+;19-,21+,22+,23-,24+,25+,26+,27-/m11/s1. The molecule has 2 nitrogen and oxygen atoms in total. The van der Waals surface area contributed by atoms with E-state index >= 15 is 0 Å². The Morgan fingerprint density at radius 3 is 1.73 bits per heavy atom. The molecule has 0 amide bonds. The second-order valence-corrected chi connectivity index (χ2v) is 24.7. The number of hydrogen-bond donors (Lipinski definition) is 2. The van der Waals surface area contributed by atoms with Gasteiger partial charge in [0.15, 0.2) is 0 Å². The molecule has 7 saturated carbocycles. The minimum Gasteiger partial charge on any atom is -0.393 e. The highest BCUT2D eigenvalue weighted by atomic mass is 16.3. The zero-order valence-electron chi connectivity index (χ0n) is 38.9. The summed E-state index contributed by atoms with van der Waals surface area (Å²) in [4.78, 5) is 0. The summed E-state index contributed by atoms with van der Waals surface area (Å²) in [6.45, 7) is 25.1. The summed E-state index contributed by atoms with van der Waals surface area (Å²) in [6.07, 6.45) is 33.8. The monoisotopic (exact) mass is 775 g/mol. The predicted molar refractivity (Wildman–Crippen MR) is 238 cm³/mol. The van der Waals surface area contributed by atoms with Crippen LogP contribution in [-0.2, 0) is 0 Å². The van der Waals surface area contributed by atoms with Gasteiger partial charge in [0.2, 0.25) is 0 Å². The molecule has 0 heterocycles. The minimum atomic E-state index is -0.0766. The van der Waals surface area contributed by atoms with E-state index in [4.69, 9.17) is 0 Å². The SMILES string of the molecule is CC(C)CCC[C@@H](C)[C@H]1CC[C@H]2[C@@H]3CC=C4C[C@@H](O)CC[C@]4(C)[C@H]3CC[C@]12C.CC(C)CCC[C@@H](C)[C@H]1CC[C@H]2[C@@H]3CC[C@@H]4CCCC(O)[C@]4(C)[C@H]3CC[C@]12C. The Kier molecular flexibility index (Phi) is 13.4. The smallest absolute Gasteiger partial charge is 0.0599 e. The quantitative estimate of drug-likeness (QED) is 0.217. The van der Waals surface area contributed by atoms with Crippen LogP contribution >= 0.6 is 0 Å². The Labute approximate surface area is 348 Å². The summed E-state index contributed by atoms with van der Waals surface area (Å²) in [5.74, 6) is 11.6. The molecule has 0 saturated heterocycles. The first kappa shape index (κ1) is 43.7. The van der Waals surface area contributed by atoms with Gasteiger partial charge in [-0.2, -0.15) is 0 Å². The van der Waals surface area contributed by atoms with E-state index in [-0.39, 0.29) is 17.6 Å². The van der Waals surface area contributed by atoms with Crippen molar-refractivity contribution in [1.29, 1.82) is 0 Å². The molecular formula is C54H94O2. The second-order valence-electron chi connectivity index (χ2n) is 24.7. The highest BCUT2D eigenvalue weighted by molar-refractivity contribution is 5.25. The van der Waals surface area contributed by atoms with Crippen LogP contribution in [0.1, 0.15) is 217 Å². The topological polar surface area (TPSA) is 40.5 Å². The lowest BCUT2D eigenvalue weighted by Gasteiger charge is -2.62. The Balaban J connectivity index is 0.000000172. The molecule has 0 aromatic heterocycles. The maximum Gasteiger partial charge on any atom is 0.0599 e. The molecule has 1 unspecified atom stereocenters. The third-order valence-electron chi connectivity index (χ3n) is 21.2. The molecule has 2 heteroatoms. The Hall–Kier alpha value is -0.340. The number of aliphatic hydroxyl groups is 2. The first-order valence-corrected chi connectivity index (χ1v) is 25.6. The normalized spacial score (nSPS) is 48.0. The van der Waals surface area contributed by atoms with Gasteiger partial charge in [-0.15, -0.1) is 0 Å². The number of aliphatic hydroxyl groups excluding tert-OH is 2. The number of rotatable bonds is 10. The van der Waals surface area contributed by atoms with Crippen molar-refractivity contribution in [3.05, 3.63) is 11.6 Å². The zero-order valence-corrected chi connectivity index (χ0v) is 38.9. The molecular weight excluding hydrogens is 681 g/mol. The Morgan fingerprint density at radius 2 is 1.14 bits per heavy atom. The van der Waals surface area contributed by atoms with Gasteiger partial charge in [-0.1, -0.05) is 126 Å². The Morgan fingerprint density at radius 1 is 0.571 bits per heavy atom. The molecule has 8 aliphatic carbocycles. The molecule has 8 aliphatic rings. The van der Waals surface area contributed by atoms with E-state index in [1.54, 1.807) is 5.57 Å². The van der Waals surface area contributed by atoms with Crippen LogP contribution in [0.5, 0.6) is 0 Å². The fraction of sp³-hybridized carbons (Fsp3) is 0.963. The first-order valence-electron chi connectivity index (χ1n) is 25.6. The van der Waals surface area contributed by atoms with Crippen LogP contribution in [0.4, 0.5) is 0 Å². The predicted octanol–water partition coefficient (Wildman–Crippen LogP) is 14.9. The third kappa shape index (κ3) is 7.85. The molecule has 8 rings (SSSR count). The molecule has 7 fully saturated rings. The molecule has 0 aromatic rings. The molecule has 0 spiro atoms. The molecule has 0 aliphatic heterocycles. The number of hydrogen-bond acceptors (Lipinski definition) is 2. The summed E-state index contributed by atoms with van der Waals surface area (Å²) < 4.78 is 0. The minimum absolute atomic E-state index is 0.0319. The largest absolute Gasteiger partial charge is 0.393 e. The van der Waals surface area contributed by atoms with Gasteiger partial charge in [0.25, 0.3) is 0 Å². The molecule has 322 valence electrons. The maximum absolute atomic E-state index is 11.1. The summed E-state index contributed by atoms with van der Waals surface area (Å²) in [6, 6.07) is 0. The third-order valence-corrected chi connectivity index (χ3v) is 21.2. The van der Waals surface area contributed by atoms with Gasteiger partial charge in [0, 0.05) is 0 Å². The van der Waals surface area contributed by atoms with Crippen molar-refractivity contribution in [1.82, 2.24) is 0 Å². The fourth-order valence-corrected chi connectivity index (χ4v) is 18.0. The van der Waals surface area contributed by atoms with Crippen molar-refractivity contribution in [2.75, 3.05) is 0 Å². The summed E-state index contributed by atoms with van der Waals surface area (Å²) in [7, 11) is 0. The van der Waals surface area contributed by atoms with Crippen LogP contribution < -0.4 is 0 Å². The molecule has 0 bridgehead atoms. The van der Waals surface area contributed by atoms with Crippen molar-refractivity contribution in [3.63, 3.8) is 0 Å². The first-order chi connectivity index (χ1) is 26.5. The summed E-state index contributed by atoms with van der Waals surface area (Å²) in [5, 5.41) is 21.3. The van der Waals surface area contributed by atoms with Crippen LogP contribution in [0.15, 0.2) is 11.6 Å². The van der Waals surface area contributed by atoms with Gasteiger partial charge in [-0.05, 0) is 201 Å². The van der Waals surface area contributed by atoms with Gasteiger partial charge in [0.1, 0.15) is 0 Å². The van der Waals surface area contributed by atoms with E-state index in [1.165, 1.54) is 128 Å². The molecule has 0 aromatic carbocycles. The van der Waals surface area contributed by atoms with E-state index in [2.05, 4.69) is 75.3 Å². The molecule has 56 heavy (non-hydrogen) atoms. The van der Waals surface area contributed by atoms with Crippen LogP contribution in [0.3, 0.4) is 0 Å². The van der Waals surface area contributed by atoms with Gasteiger partial charge in [-0.25, -0.2) is 0 Å². The average molecular weight is 775 g/mol. The van der Waals surface area contributed by atoms with Gasteiger partial charge in [0.05, 0.1) is 12.2 Å². The summed E-state index contributed by atoms with van der Waals surface area (Å²) >= 11 is 0. The van der Waals surface area contributed by atoms with Crippen molar-refractivity contribution in [2.24, 2.45) is 98.6 Å². The lowest BCUT2D eigenvalue weighted by atomic mass is 9.44. The van der Waals surface area contributed by atoms with Crippen molar-refractivity contribution in [2.45, 2.75) is 229 Å². The summed E-state index contributed by atoms with van der Waals surface area (Å²) in [5.41, 5.74) is 3.41.